The van der Waals surface area contributed by atoms with Gasteiger partial charge in [-0.25, -0.2) is 0 Å². The summed E-state index contributed by atoms with van der Waals surface area (Å²) in [6.07, 6.45) is 6.34. The molecule has 0 unspecified atom stereocenters. The number of ether oxygens (including phenoxy) is 2. The van der Waals surface area contributed by atoms with Gasteiger partial charge in [-0.3, -0.25) is 14.8 Å². The normalized spacial score (nSPS) is 17.4. The Bertz CT molecular complexity index is 686. The van der Waals surface area contributed by atoms with Crippen molar-refractivity contribution in [1.82, 2.24) is 14.8 Å². The smallest absolute Gasteiger partial charge is 0.127 e. The summed E-state index contributed by atoms with van der Waals surface area (Å²) in [7, 11) is 3.44. The fraction of sp³-hybridized carbons (Fsp3) is 0.500. The second-order valence-corrected chi connectivity index (χ2v) is 7.10. The molecule has 2 aromatic rings. The SMILES string of the molecule is CCN1CCC[C@@H]1CN(Cc1cccnc1)Cc1c(OC)cccc1OC. The van der Waals surface area contributed by atoms with Crippen molar-refractivity contribution in [2.45, 2.75) is 38.9 Å². The molecule has 2 heterocycles. The van der Waals surface area contributed by atoms with E-state index in [-0.39, 0.29) is 0 Å². The number of nitrogens with zero attached hydrogens (tertiary/aromatic N) is 3. The van der Waals surface area contributed by atoms with Gasteiger partial charge in [-0.2, -0.15) is 0 Å². The van der Waals surface area contributed by atoms with E-state index in [1.54, 1.807) is 14.2 Å². The van der Waals surface area contributed by atoms with Crippen molar-refractivity contribution in [1.29, 1.82) is 0 Å². The number of likely N-dealkylation sites (N-methyl/N-ethyl adjacent to an activating group) is 1. The Kier molecular flexibility index (Phi) is 7.07. The van der Waals surface area contributed by atoms with Crippen LogP contribution in [0.2, 0.25) is 0 Å². The van der Waals surface area contributed by atoms with Crippen molar-refractivity contribution < 1.29 is 9.47 Å². The van der Waals surface area contributed by atoms with Gasteiger partial charge in [-0.15, -0.1) is 0 Å². The third-order valence-corrected chi connectivity index (χ3v) is 5.41. The van der Waals surface area contributed by atoms with Crippen LogP contribution < -0.4 is 9.47 Å². The molecule has 0 aliphatic carbocycles. The summed E-state index contributed by atoms with van der Waals surface area (Å²) in [6, 6.07) is 10.7. The monoisotopic (exact) mass is 369 g/mol. The number of pyridine rings is 1. The minimum absolute atomic E-state index is 0.604. The number of hydrogen-bond acceptors (Lipinski definition) is 5. The lowest BCUT2D eigenvalue weighted by atomic mass is 10.1. The summed E-state index contributed by atoms with van der Waals surface area (Å²) in [5, 5.41) is 0. The van der Waals surface area contributed by atoms with Gasteiger partial charge in [0.05, 0.1) is 19.8 Å². The zero-order valence-corrected chi connectivity index (χ0v) is 16.7. The molecule has 1 aliphatic heterocycles. The first kappa shape index (κ1) is 19.6. The lowest BCUT2D eigenvalue weighted by Gasteiger charge is -2.31. The summed E-state index contributed by atoms with van der Waals surface area (Å²) in [4.78, 5) is 9.38. The Morgan fingerprint density at radius 2 is 1.89 bits per heavy atom. The minimum Gasteiger partial charge on any atom is -0.496 e. The van der Waals surface area contributed by atoms with E-state index in [9.17, 15) is 0 Å². The van der Waals surface area contributed by atoms with Gasteiger partial charge in [0, 0.05) is 38.1 Å². The number of hydrogen-bond donors (Lipinski definition) is 0. The van der Waals surface area contributed by atoms with Crippen LogP contribution in [0, 0.1) is 0 Å². The number of benzene rings is 1. The number of rotatable bonds is 9. The third kappa shape index (κ3) is 4.99. The van der Waals surface area contributed by atoms with Crippen LogP contribution in [-0.2, 0) is 13.1 Å². The highest BCUT2D eigenvalue weighted by Crippen LogP contribution is 2.30. The first-order chi connectivity index (χ1) is 13.2. The van der Waals surface area contributed by atoms with Crippen LogP contribution in [-0.4, -0.2) is 54.7 Å². The molecule has 0 amide bonds. The van der Waals surface area contributed by atoms with Gasteiger partial charge in [0.1, 0.15) is 11.5 Å². The fourth-order valence-corrected chi connectivity index (χ4v) is 4.06. The molecule has 1 fully saturated rings. The van der Waals surface area contributed by atoms with E-state index in [0.29, 0.717) is 6.04 Å². The van der Waals surface area contributed by atoms with Gasteiger partial charge in [0.2, 0.25) is 0 Å². The Labute approximate surface area is 162 Å². The molecule has 0 bridgehead atoms. The van der Waals surface area contributed by atoms with Gasteiger partial charge in [0.25, 0.3) is 0 Å². The molecular formula is C22H31N3O2. The maximum absolute atomic E-state index is 5.62. The van der Waals surface area contributed by atoms with Gasteiger partial charge in [0.15, 0.2) is 0 Å². The second kappa shape index (κ2) is 9.72. The van der Waals surface area contributed by atoms with Crippen molar-refractivity contribution in [3.05, 3.63) is 53.9 Å². The van der Waals surface area contributed by atoms with Gasteiger partial charge < -0.3 is 9.47 Å². The Morgan fingerprint density at radius 1 is 1.11 bits per heavy atom. The molecule has 0 spiro atoms. The van der Waals surface area contributed by atoms with Crippen LogP contribution in [0.15, 0.2) is 42.7 Å². The average Bonchev–Trinajstić information content (AvgIpc) is 3.16. The summed E-state index contributed by atoms with van der Waals surface area (Å²) in [6.45, 7) is 7.26. The highest BCUT2D eigenvalue weighted by Gasteiger charge is 2.26. The summed E-state index contributed by atoms with van der Waals surface area (Å²) in [5.41, 5.74) is 2.33. The van der Waals surface area contributed by atoms with Crippen LogP contribution in [0.4, 0.5) is 0 Å². The van der Waals surface area contributed by atoms with Gasteiger partial charge in [-0.05, 0) is 49.7 Å². The van der Waals surface area contributed by atoms with Crippen molar-refractivity contribution in [3.63, 3.8) is 0 Å². The van der Waals surface area contributed by atoms with E-state index >= 15 is 0 Å². The zero-order valence-electron chi connectivity index (χ0n) is 16.7. The molecule has 5 nitrogen and oxygen atoms in total. The van der Waals surface area contributed by atoms with E-state index in [1.807, 2.05) is 36.7 Å². The van der Waals surface area contributed by atoms with Gasteiger partial charge in [-0.1, -0.05) is 19.1 Å². The summed E-state index contributed by atoms with van der Waals surface area (Å²) < 4.78 is 11.2. The van der Waals surface area contributed by atoms with Crippen molar-refractivity contribution in [3.8, 4) is 11.5 Å². The maximum Gasteiger partial charge on any atom is 0.127 e. The Balaban J connectivity index is 1.83. The van der Waals surface area contributed by atoms with Gasteiger partial charge >= 0.3 is 0 Å². The molecule has 0 radical (unpaired) electrons. The lowest BCUT2D eigenvalue weighted by Crippen LogP contribution is -2.39. The molecule has 1 aliphatic rings. The Morgan fingerprint density at radius 3 is 2.52 bits per heavy atom. The first-order valence-corrected chi connectivity index (χ1v) is 9.80. The lowest BCUT2D eigenvalue weighted by molar-refractivity contribution is 0.163. The maximum atomic E-state index is 5.62. The molecule has 0 saturated carbocycles. The molecule has 146 valence electrons. The van der Waals surface area contributed by atoms with Crippen molar-refractivity contribution in [2.75, 3.05) is 33.9 Å². The third-order valence-electron chi connectivity index (χ3n) is 5.41. The van der Waals surface area contributed by atoms with Crippen LogP contribution >= 0.6 is 0 Å². The summed E-state index contributed by atoms with van der Waals surface area (Å²) in [5.74, 6) is 1.76. The summed E-state index contributed by atoms with van der Waals surface area (Å²) >= 11 is 0. The average molecular weight is 370 g/mol. The topological polar surface area (TPSA) is 37.8 Å². The van der Waals surface area contributed by atoms with E-state index < -0.39 is 0 Å². The highest BCUT2D eigenvalue weighted by atomic mass is 16.5. The van der Waals surface area contributed by atoms with Crippen LogP contribution in [0.1, 0.15) is 30.9 Å². The quantitative estimate of drug-likeness (QED) is 0.675. The number of likely N-dealkylation sites (tertiary alicyclic amines) is 1. The molecule has 1 atom stereocenters. The van der Waals surface area contributed by atoms with E-state index in [4.69, 9.17) is 9.47 Å². The van der Waals surface area contributed by atoms with E-state index in [2.05, 4.69) is 27.8 Å². The fourth-order valence-electron chi connectivity index (χ4n) is 4.06. The van der Waals surface area contributed by atoms with Crippen LogP contribution in [0.25, 0.3) is 0 Å². The molecule has 5 heteroatoms. The number of methoxy groups -OCH3 is 2. The predicted molar refractivity (Wildman–Crippen MR) is 108 cm³/mol. The molecule has 1 aromatic carbocycles. The van der Waals surface area contributed by atoms with Crippen molar-refractivity contribution in [2.24, 2.45) is 0 Å². The van der Waals surface area contributed by atoms with Crippen LogP contribution in [0.5, 0.6) is 11.5 Å². The van der Waals surface area contributed by atoms with E-state index in [0.717, 1.165) is 43.2 Å². The molecular weight excluding hydrogens is 338 g/mol. The number of aromatic nitrogens is 1. The zero-order chi connectivity index (χ0) is 19.1. The van der Waals surface area contributed by atoms with Crippen LogP contribution in [0.3, 0.4) is 0 Å². The van der Waals surface area contributed by atoms with Crippen molar-refractivity contribution >= 4 is 0 Å². The van der Waals surface area contributed by atoms with E-state index in [1.165, 1.54) is 24.9 Å². The second-order valence-electron chi connectivity index (χ2n) is 7.10. The first-order valence-electron chi connectivity index (χ1n) is 9.80. The molecule has 0 N–H and O–H groups in total. The Hall–Kier alpha value is -2.11. The standard InChI is InChI=1S/C22H31N3O2/c1-4-25-13-7-9-19(25)16-24(15-18-8-6-12-23-14-18)17-20-21(26-2)10-5-11-22(20)27-3/h5-6,8,10-12,14,19H,4,7,9,13,15-17H2,1-3H3/t19-/m1/s1. The predicted octanol–water partition coefficient (Wildman–Crippen LogP) is 3.59. The highest BCUT2D eigenvalue weighted by molar-refractivity contribution is 5.44. The molecule has 27 heavy (non-hydrogen) atoms. The minimum atomic E-state index is 0.604. The largest absolute Gasteiger partial charge is 0.496 e. The molecule has 1 aromatic heterocycles. The molecule has 1 saturated heterocycles. The molecule has 3 rings (SSSR count).